The molecule has 26 heavy (non-hydrogen) atoms. The molecule has 1 aliphatic heterocycles. The summed E-state index contributed by atoms with van der Waals surface area (Å²) >= 11 is 0. The van der Waals surface area contributed by atoms with Crippen LogP contribution < -0.4 is 4.90 Å². The molecule has 2 amide bonds. The van der Waals surface area contributed by atoms with Gasteiger partial charge in [-0.15, -0.1) is 0 Å². The largest absolute Gasteiger partial charge is 0.383 e. The molecule has 136 valence electrons. The van der Waals surface area contributed by atoms with Gasteiger partial charge in [-0.25, -0.2) is 0 Å². The lowest BCUT2D eigenvalue weighted by Crippen LogP contribution is -2.33. The fraction of sp³-hybridized carbons (Fsp3) is 0.333. The standard InChI is InChI=1S/C21H24N2O3/c1-16(24)23-11-10-18-14-19(8-9-20(18)23)21(25)22(12-13-26-2)15-17-6-4-3-5-7-17/h3-9,14H,10-13,15H2,1-2H3. The zero-order valence-electron chi connectivity index (χ0n) is 15.3. The minimum Gasteiger partial charge on any atom is -0.383 e. The average Bonchev–Trinajstić information content (AvgIpc) is 3.09. The van der Waals surface area contributed by atoms with Crippen LogP contribution in [-0.2, 0) is 22.5 Å². The van der Waals surface area contributed by atoms with E-state index in [2.05, 4.69) is 0 Å². The maximum Gasteiger partial charge on any atom is 0.254 e. The highest BCUT2D eigenvalue weighted by molar-refractivity contribution is 5.97. The molecular formula is C21H24N2O3. The van der Waals surface area contributed by atoms with Crippen LogP contribution in [0.4, 0.5) is 5.69 Å². The first-order valence-corrected chi connectivity index (χ1v) is 8.83. The van der Waals surface area contributed by atoms with Gasteiger partial charge in [0.15, 0.2) is 0 Å². The van der Waals surface area contributed by atoms with Gasteiger partial charge >= 0.3 is 0 Å². The van der Waals surface area contributed by atoms with Gasteiger partial charge < -0.3 is 14.5 Å². The molecule has 0 N–H and O–H groups in total. The lowest BCUT2D eigenvalue weighted by molar-refractivity contribution is -0.116. The predicted molar refractivity (Wildman–Crippen MR) is 101 cm³/mol. The van der Waals surface area contributed by atoms with Gasteiger partial charge in [-0.05, 0) is 35.7 Å². The van der Waals surface area contributed by atoms with E-state index < -0.39 is 0 Å². The number of ether oxygens (including phenoxy) is 1. The van der Waals surface area contributed by atoms with Crippen LogP contribution in [-0.4, -0.2) is 43.5 Å². The molecule has 0 saturated heterocycles. The summed E-state index contributed by atoms with van der Waals surface area (Å²) in [5, 5.41) is 0. The Balaban J connectivity index is 1.81. The van der Waals surface area contributed by atoms with Gasteiger partial charge in [-0.3, -0.25) is 9.59 Å². The van der Waals surface area contributed by atoms with Crippen molar-refractivity contribution in [1.82, 2.24) is 4.90 Å². The summed E-state index contributed by atoms with van der Waals surface area (Å²) in [4.78, 5) is 28.3. The van der Waals surface area contributed by atoms with Crippen LogP contribution in [0.25, 0.3) is 0 Å². The van der Waals surface area contributed by atoms with E-state index in [1.54, 1.807) is 23.8 Å². The van der Waals surface area contributed by atoms with Crippen molar-refractivity contribution in [2.24, 2.45) is 0 Å². The van der Waals surface area contributed by atoms with Crippen LogP contribution in [0.1, 0.15) is 28.4 Å². The minimum absolute atomic E-state index is 0.0185. The highest BCUT2D eigenvalue weighted by Gasteiger charge is 2.24. The van der Waals surface area contributed by atoms with Crippen molar-refractivity contribution >= 4 is 17.5 Å². The van der Waals surface area contributed by atoms with Gasteiger partial charge in [-0.1, -0.05) is 30.3 Å². The van der Waals surface area contributed by atoms with Crippen molar-refractivity contribution in [3.05, 3.63) is 65.2 Å². The number of carbonyl (C=O) groups excluding carboxylic acids is 2. The molecule has 0 spiro atoms. The van der Waals surface area contributed by atoms with Crippen LogP contribution >= 0.6 is 0 Å². The number of hydrogen-bond acceptors (Lipinski definition) is 3. The molecule has 2 aromatic rings. The Hall–Kier alpha value is -2.66. The van der Waals surface area contributed by atoms with Crippen LogP contribution in [0, 0.1) is 0 Å². The van der Waals surface area contributed by atoms with Gasteiger partial charge in [0.2, 0.25) is 5.91 Å². The minimum atomic E-state index is -0.0185. The molecule has 0 radical (unpaired) electrons. The summed E-state index contributed by atoms with van der Waals surface area (Å²) < 4.78 is 5.17. The first kappa shape index (κ1) is 18.1. The molecule has 0 bridgehead atoms. The van der Waals surface area contributed by atoms with Crippen LogP contribution in [0.2, 0.25) is 0 Å². The van der Waals surface area contributed by atoms with Crippen molar-refractivity contribution in [2.45, 2.75) is 19.9 Å². The Morgan fingerprint density at radius 1 is 1.15 bits per heavy atom. The average molecular weight is 352 g/mol. The predicted octanol–water partition coefficient (Wildman–Crippen LogP) is 2.88. The van der Waals surface area contributed by atoms with Crippen LogP contribution in [0.15, 0.2) is 48.5 Å². The quantitative estimate of drug-likeness (QED) is 0.803. The van der Waals surface area contributed by atoms with Gasteiger partial charge in [0, 0.05) is 44.9 Å². The normalized spacial score (nSPS) is 12.8. The summed E-state index contributed by atoms with van der Waals surface area (Å²) in [6, 6.07) is 15.6. The summed E-state index contributed by atoms with van der Waals surface area (Å²) in [7, 11) is 1.64. The lowest BCUT2D eigenvalue weighted by Gasteiger charge is -2.23. The molecule has 0 unspecified atom stereocenters. The Morgan fingerprint density at radius 2 is 1.92 bits per heavy atom. The van der Waals surface area contributed by atoms with Crippen LogP contribution in [0.3, 0.4) is 0 Å². The smallest absolute Gasteiger partial charge is 0.254 e. The molecule has 2 aromatic carbocycles. The Labute approximate surface area is 154 Å². The van der Waals surface area contributed by atoms with E-state index in [4.69, 9.17) is 4.74 Å². The zero-order chi connectivity index (χ0) is 18.5. The van der Waals surface area contributed by atoms with Crippen molar-refractivity contribution in [1.29, 1.82) is 0 Å². The molecule has 1 aliphatic rings. The van der Waals surface area contributed by atoms with E-state index in [1.807, 2.05) is 48.5 Å². The lowest BCUT2D eigenvalue weighted by atomic mass is 10.1. The van der Waals surface area contributed by atoms with Gasteiger partial charge in [-0.2, -0.15) is 0 Å². The highest BCUT2D eigenvalue weighted by atomic mass is 16.5. The van der Waals surface area contributed by atoms with Crippen molar-refractivity contribution < 1.29 is 14.3 Å². The number of rotatable bonds is 6. The first-order chi connectivity index (χ1) is 12.6. The number of anilines is 1. The fourth-order valence-corrected chi connectivity index (χ4v) is 3.30. The molecule has 0 saturated carbocycles. The third-order valence-electron chi connectivity index (χ3n) is 4.67. The summed E-state index contributed by atoms with van der Waals surface area (Å²) in [5.74, 6) is 0.0172. The molecule has 5 heteroatoms. The SMILES string of the molecule is COCCN(Cc1ccccc1)C(=O)c1ccc2c(c1)CCN2C(C)=O. The number of benzene rings is 2. The number of hydrogen-bond donors (Lipinski definition) is 0. The number of amides is 2. The third kappa shape index (κ3) is 3.94. The van der Waals surface area contributed by atoms with Gasteiger partial charge in [0.05, 0.1) is 6.61 Å². The Morgan fingerprint density at radius 3 is 2.62 bits per heavy atom. The van der Waals surface area contributed by atoms with Crippen molar-refractivity contribution in [3.63, 3.8) is 0 Å². The summed E-state index contributed by atoms with van der Waals surface area (Å²) in [6.45, 7) is 3.81. The molecule has 0 fully saturated rings. The van der Waals surface area contributed by atoms with Gasteiger partial charge in [0.1, 0.15) is 0 Å². The molecule has 0 aromatic heterocycles. The van der Waals surface area contributed by atoms with Crippen molar-refractivity contribution in [2.75, 3.05) is 31.7 Å². The second-order valence-electron chi connectivity index (χ2n) is 6.47. The number of carbonyl (C=O) groups is 2. The molecular weight excluding hydrogens is 328 g/mol. The van der Waals surface area contributed by atoms with E-state index in [0.29, 0.717) is 31.8 Å². The molecule has 5 nitrogen and oxygen atoms in total. The molecule has 1 heterocycles. The van der Waals surface area contributed by atoms with E-state index in [1.165, 1.54) is 0 Å². The molecule has 3 rings (SSSR count). The summed E-state index contributed by atoms with van der Waals surface area (Å²) in [6.07, 6.45) is 0.785. The number of fused-ring (bicyclic) bond motifs is 1. The van der Waals surface area contributed by atoms with E-state index in [-0.39, 0.29) is 11.8 Å². The third-order valence-corrected chi connectivity index (χ3v) is 4.67. The first-order valence-electron chi connectivity index (χ1n) is 8.83. The maximum absolute atomic E-state index is 13.1. The molecule has 0 atom stereocenters. The van der Waals surface area contributed by atoms with E-state index >= 15 is 0 Å². The van der Waals surface area contributed by atoms with E-state index in [0.717, 1.165) is 23.2 Å². The highest BCUT2D eigenvalue weighted by Crippen LogP contribution is 2.29. The Kier molecular flexibility index (Phi) is 5.68. The fourth-order valence-electron chi connectivity index (χ4n) is 3.30. The topological polar surface area (TPSA) is 49.9 Å². The number of nitrogens with zero attached hydrogens (tertiary/aromatic N) is 2. The van der Waals surface area contributed by atoms with Crippen molar-refractivity contribution in [3.8, 4) is 0 Å². The van der Waals surface area contributed by atoms with E-state index in [9.17, 15) is 9.59 Å². The van der Waals surface area contributed by atoms with Crippen LogP contribution in [0.5, 0.6) is 0 Å². The maximum atomic E-state index is 13.1. The summed E-state index contributed by atoms with van der Waals surface area (Å²) in [5.41, 5.74) is 3.71. The number of methoxy groups -OCH3 is 1. The Bertz CT molecular complexity index is 789. The van der Waals surface area contributed by atoms with Gasteiger partial charge in [0.25, 0.3) is 5.91 Å². The zero-order valence-corrected chi connectivity index (χ0v) is 15.3. The molecule has 0 aliphatic carbocycles. The second-order valence-corrected chi connectivity index (χ2v) is 6.47. The monoisotopic (exact) mass is 352 g/mol. The second kappa shape index (κ2) is 8.15.